The monoisotopic (exact) mass is 303 g/mol. The molecule has 3 aromatic rings. The van der Waals surface area contributed by atoms with Gasteiger partial charge in [0.1, 0.15) is 16.2 Å². The molecule has 0 unspecified atom stereocenters. The lowest BCUT2D eigenvalue weighted by molar-refractivity contribution is 0.415. The smallest absolute Gasteiger partial charge is 0.145 e. The van der Waals surface area contributed by atoms with Crippen LogP contribution in [0, 0.1) is 0 Å². The van der Waals surface area contributed by atoms with Gasteiger partial charge in [0.15, 0.2) is 0 Å². The fourth-order valence-corrected chi connectivity index (χ4v) is 2.31. The third kappa shape index (κ3) is 1.76. The molecule has 18 heavy (non-hydrogen) atoms. The van der Waals surface area contributed by atoms with E-state index >= 15 is 0 Å². The molecule has 0 radical (unpaired) electrons. The zero-order chi connectivity index (χ0) is 12.5. The Kier molecular flexibility index (Phi) is 2.76. The van der Waals surface area contributed by atoms with Crippen LogP contribution >= 0.6 is 15.9 Å². The summed E-state index contributed by atoms with van der Waals surface area (Å²) in [5.74, 6) is 1.71. The van der Waals surface area contributed by atoms with Gasteiger partial charge in [-0.1, -0.05) is 0 Å². The van der Waals surface area contributed by atoms with Crippen molar-refractivity contribution in [1.82, 2.24) is 14.4 Å². The molecule has 0 aliphatic heterocycles. The number of rotatable bonds is 2. The molecule has 0 saturated heterocycles. The van der Waals surface area contributed by atoms with Gasteiger partial charge < -0.3 is 4.74 Å². The number of ether oxygens (including phenoxy) is 1. The Labute approximate surface area is 112 Å². The largest absolute Gasteiger partial charge is 0.497 e. The minimum Gasteiger partial charge on any atom is -0.497 e. The maximum absolute atomic E-state index is 5.15. The van der Waals surface area contributed by atoms with Gasteiger partial charge in [-0.05, 0) is 40.2 Å². The molecule has 90 valence electrons. The first kappa shape index (κ1) is 11.2. The van der Waals surface area contributed by atoms with Crippen molar-refractivity contribution in [2.75, 3.05) is 7.11 Å². The van der Waals surface area contributed by atoms with Crippen LogP contribution in [0.25, 0.3) is 16.9 Å². The molecule has 0 atom stereocenters. The minimum absolute atomic E-state index is 0.793. The summed E-state index contributed by atoms with van der Waals surface area (Å²) in [5.41, 5.74) is 1.98. The van der Waals surface area contributed by atoms with Crippen molar-refractivity contribution in [3.8, 4) is 17.1 Å². The van der Waals surface area contributed by atoms with E-state index in [0.29, 0.717) is 0 Å². The summed E-state index contributed by atoms with van der Waals surface area (Å²) in [6.07, 6.45) is 5.42. The van der Waals surface area contributed by atoms with E-state index in [1.165, 1.54) is 0 Å². The van der Waals surface area contributed by atoms with Crippen molar-refractivity contribution in [3.63, 3.8) is 0 Å². The van der Waals surface area contributed by atoms with Crippen LogP contribution in [-0.4, -0.2) is 21.5 Å². The quantitative estimate of drug-likeness (QED) is 0.730. The predicted octanol–water partition coefficient (Wildman–Crippen LogP) is 3.17. The number of aromatic nitrogens is 3. The van der Waals surface area contributed by atoms with Crippen molar-refractivity contribution >= 4 is 21.4 Å². The molecule has 0 spiro atoms. The first-order valence-electron chi connectivity index (χ1n) is 5.41. The second-order valence-electron chi connectivity index (χ2n) is 3.79. The Hall–Kier alpha value is -1.88. The maximum atomic E-state index is 5.15. The maximum Gasteiger partial charge on any atom is 0.145 e. The number of nitrogens with zero attached hydrogens (tertiary/aromatic N) is 3. The van der Waals surface area contributed by atoms with E-state index in [-0.39, 0.29) is 0 Å². The lowest BCUT2D eigenvalue weighted by Crippen LogP contribution is -1.89. The van der Waals surface area contributed by atoms with Crippen molar-refractivity contribution < 1.29 is 4.74 Å². The molecular formula is C13H10BrN3O. The number of methoxy groups -OCH3 is 1. The lowest BCUT2D eigenvalue weighted by atomic mass is 10.2. The van der Waals surface area contributed by atoms with E-state index < -0.39 is 0 Å². The summed E-state index contributed by atoms with van der Waals surface area (Å²) in [6.45, 7) is 0. The molecule has 1 aromatic carbocycles. The van der Waals surface area contributed by atoms with E-state index in [1.807, 2.05) is 34.9 Å². The van der Waals surface area contributed by atoms with Crippen LogP contribution in [0.15, 0.2) is 47.5 Å². The molecule has 4 nitrogen and oxygen atoms in total. The molecule has 2 heterocycles. The SMILES string of the molecule is COc1ccc(-c2nc(Br)c3cnccn23)cc1. The zero-order valence-corrected chi connectivity index (χ0v) is 11.3. The first-order chi connectivity index (χ1) is 8.79. The molecule has 0 aliphatic carbocycles. The molecule has 0 amide bonds. The van der Waals surface area contributed by atoms with Gasteiger partial charge in [-0.15, -0.1) is 0 Å². The highest BCUT2D eigenvalue weighted by atomic mass is 79.9. The molecule has 0 N–H and O–H groups in total. The van der Waals surface area contributed by atoms with E-state index in [9.17, 15) is 0 Å². The zero-order valence-electron chi connectivity index (χ0n) is 9.67. The third-order valence-corrected chi connectivity index (χ3v) is 3.33. The lowest BCUT2D eigenvalue weighted by Gasteiger charge is -2.02. The highest BCUT2D eigenvalue weighted by Gasteiger charge is 2.10. The van der Waals surface area contributed by atoms with Crippen molar-refractivity contribution in [2.24, 2.45) is 0 Å². The van der Waals surface area contributed by atoms with Gasteiger partial charge in [0.05, 0.1) is 18.8 Å². The number of hydrogen-bond donors (Lipinski definition) is 0. The Morgan fingerprint density at radius 3 is 2.72 bits per heavy atom. The van der Waals surface area contributed by atoms with E-state index in [4.69, 9.17) is 4.74 Å². The van der Waals surface area contributed by atoms with E-state index in [1.54, 1.807) is 19.5 Å². The Balaban J connectivity index is 2.18. The topological polar surface area (TPSA) is 39.4 Å². The highest BCUT2D eigenvalue weighted by molar-refractivity contribution is 9.10. The number of imidazole rings is 1. The van der Waals surface area contributed by atoms with Gasteiger partial charge >= 0.3 is 0 Å². The van der Waals surface area contributed by atoms with Crippen molar-refractivity contribution in [2.45, 2.75) is 0 Å². The Morgan fingerprint density at radius 1 is 1.22 bits per heavy atom. The number of halogens is 1. The Morgan fingerprint density at radius 2 is 2.00 bits per heavy atom. The fraction of sp³-hybridized carbons (Fsp3) is 0.0769. The summed E-state index contributed by atoms with van der Waals surface area (Å²) >= 11 is 3.45. The minimum atomic E-state index is 0.793. The van der Waals surface area contributed by atoms with Gasteiger partial charge in [0, 0.05) is 18.0 Å². The van der Waals surface area contributed by atoms with Crippen LogP contribution in [0.3, 0.4) is 0 Å². The van der Waals surface area contributed by atoms with Crippen LogP contribution in [0.4, 0.5) is 0 Å². The van der Waals surface area contributed by atoms with Crippen LogP contribution < -0.4 is 4.74 Å². The average Bonchev–Trinajstić information content (AvgIpc) is 2.77. The molecule has 0 saturated carbocycles. The molecule has 2 aromatic heterocycles. The van der Waals surface area contributed by atoms with Crippen LogP contribution in [-0.2, 0) is 0 Å². The van der Waals surface area contributed by atoms with Crippen LogP contribution in [0.2, 0.25) is 0 Å². The third-order valence-electron chi connectivity index (χ3n) is 2.75. The van der Waals surface area contributed by atoms with Crippen molar-refractivity contribution in [1.29, 1.82) is 0 Å². The summed E-state index contributed by atoms with van der Waals surface area (Å²) in [5, 5.41) is 0. The molecule has 0 fully saturated rings. The summed E-state index contributed by atoms with van der Waals surface area (Å²) < 4.78 is 7.94. The van der Waals surface area contributed by atoms with Crippen LogP contribution in [0.5, 0.6) is 5.75 Å². The second-order valence-corrected chi connectivity index (χ2v) is 4.54. The molecule has 0 aliphatic rings. The molecule has 0 bridgehead atoms. The first-order valence-corrected chi connectivity index (χ1v) is 6.21. The average molecular weight is 304 g/mol. The number of benzene rings is 1. The van der Waals surface area contributed by atoms with Crippen molar-refractivity contribution in [3.05, 3.63) is 47.5 Å². The molecular weight excluding hydrogens is 294 g/mol. The number of fused-ring (bicyclic) bond motifs is 1. The van der Waals surface area contributed by atoms with Gasteiger partial charge in [0.25, 0.3) is 0 Å². The summed E-state index contributed by atoms with van der Waals surface area (Å²) in [4.78, 5) is 8.61. The van der Waals surface area contributed by atoms with E-state index in [2.05, 4.69) is 25.9 Å². The van der Waals surface area contributed by atoms with Gasteiger partial charge in [-0.25, -0.2) is 4.98 Å². The van der Waals surface area contributed by atoms with Crippen LogP contribution in [0.1, 0.15) is 0 Å². The van der Waals surface area contributed by atoms with Gasteiger partial charge in [-0.2, -0.15) is 0 Å². The number of hydrogen-bond acceptors (Lipinski definition) is 3. The summed E-state index contributed by atoms with van der Waals surface area (Å²) in [6, 6.07) is 7.82. The normalized spacial score (nSPS) is 10.8. The molecule has 5 heteroatoms. The van der Waals surface area contributed by atoms with Gasteiger partial charge in [-0.3, -0.25) is 9.38 Å². The molecule has 3 rings (SSSR count). The predicted molar refractivity (Wildman–Crippen MR) is 72.7 cm³/mol. The van der Waals surface area contributed by atoms with E-state index in [0.717, 1.165) is 27.3 Å². The Bertz CT molecular complexity index is 691. The second kappa shape index (κ2) is 4.42. The summed E-state index contributed by atoms with van der Waals surface area (Å²) in [7, 11) is 1.65. The van der Waals surface area contributed by atoms with Gasteiger partial charge in [0.2, 0.25) is 0 Å². The fourth-order valence-electron chi connectivity index (χ4n) is 1.85. The highest BCUT2D eigenvalue weighted by Crippen LogP contribution is 2.26. The standard InChI is InChI=1S/C13H10BrN3O/c1-18-10-4-2-9(3-5-10)13-16-12(14)11-8-15-6-7-17(11)13/h2-8H,1H3.